The van der Waals surface area contributed by atoms with Gasteiger partial charge in [-0.2, -0.15) is 0 Å². The number of rotatable bonds is 6. The number of ether oxygens (including phenoxy) is 1. The highest BCUT2D eigenvalue weighted by molar-refractivity contribution is 9.10. The van der Waals surface area contributed by atoms with E-state index >= 15 is 0 Å². The van der Waals surface area contributed by atoms with E-state index in [4.69, 9.17) is 4.74 Å². The molecule has 0 radical (unpaired) electrons. The van der Waals surface area contributed by atoms with E-state index in [0.717, 1.165) is 17.3 Å². The highest BCUT2D eigenvalue weighted by atomic mass is 79.9. The number of carbonyl (C=O) groups excluding carboxylic acids is 2. The van der Waals surface area contributed by atoms with Crippen LogP contribution in [0.2, 0.25) is 0 Å². The van der Waals surface area contributed by atoms with Crippen molar-refractivity contribution in [3.8, 4) is 5.75 Å². The van der Waals surface area contributed by atoms with Crippen LogP contribution in [0, 0.1) is 0 Å². The third kappa shape index (κ3) is 5.06. The molecule has 2 N–H and O–H groups in total. The molecule has 0 aliphatic heterocycles. The Labute approximate surface area is 154 Å². The summed E-state index contributed by atoms with van der Waals surface area (Å²) in [5.41, 5.74) is 1.21. The van der Waals surface area contributed by atoms with Gasteiger partial charge >= 0.3 is 0 Å². The minimum Gasteiger partial charge on any atom is -0.481 e. The van der Waals surface area contributed by atoms with Crippen LogP contribution in [0.5, 0.6) is 5.75 Å². The lowest BCUT2D eigenvalue weighted by Crippen LogP contribution is -2.30. The summed E-state index contributed by atoms with van der Waals surface area (Å²) in [4.78, 5) is 24.2. The summed E-state index contributed by atoms with van der Waals surface area (Å²) in [5.74, 6) is 0.295. The maximum atomic E-state index is 12.2. The molecule has 25 heavy (non-hydrogen) atoms. The first kappa shape index (κ1) is 17.5. The molecule has 3 rings (SSSR count). The highest BCUT2D eigenvalue weighted by Gasteiger charge is 2.23. The van der Waals surface area contributed by atoms with E-state index in [9.17, 15) is 9.59 Å². The van der Waals surface area contributed by atoms with Gasteiger partial charge in [0.05, 0.1) is 0 Å². The van der Waals surface area contributed by atoms with Gasteiger partial charge in [0.2, 0.25) is 0 Å². The summed E-state index contributed by atoms with van der Waals surface area (Å²) >= 11 is 3.35. The zero-order valence-electron chi connectivity index (χ0n) is 13.8. The monoisotopic (exact) mass is 402 g/mol. The summed E-state index contributed by atoms with van der Waals surface area (Å²) in [6.07, 6.45) is 1.46. The van der Waals surface area contributed by atoms with Crippen molar-refractivity contribution in [3.05, 3.63) is 58.6 Å². The Morgan fingerprint density at radius 1 is 1.08 bits per heavy atom. The molecule has 1 aliphatic carbocycles. The van der Waals surface area contributed by atoms with Crippen molar-refractivity contribution < 1.29 is 14.3 Å². The zero-order valence-corrected chi connectivity index (χ0v) is 15.4. The van der Waals surface area contributed by atoms with E-state index in [2.05, 4.69) is 26.6 Å². The van der Waals surface area contributed by atoms with Gasteiger partial charge in [0, 0.05) is 21.8 Å². The highest BCUT2D eigenvalue weighted by Crippen LogP contribution is 2.20. The van der Waals surface area contributed by atoms with Gasteiger partial charge in [-0.3, -0.25) is 9.59 Å². The van der Waals surface area contributed by atoms with Crippen LogP contribution in [0.15, 0.2) is 53.0 Å². The molecule has 2 amide bonds. The zero-order chi connectivity index (χ0) is 17.8. The summed E-state index contributed by atoms with van der Waals surface area (Å²) in [7, 11) is 0. The fourth-order valence-electron chi connectivity index (χ4n) is 2.22. The van der Waals surface area contributed by atoms with Crippen molar-refractivity contribution in [1.29, 1.82) is 0 Å². The van der Waals surface area contributed by atoms with Gasteiger partial charge in [-0.1, -0.05) is 15.9 Å². The summed E-state index contributed by atoms with van der Waals surface area (Å²) < 4.78 is 6.57. The normalized spacial score (nSPS) is 14.5. The Morgan fingerprint density at radius 3 is 2.32 bits per heavy atom. The van der Waals surface area contributed by atoms with Crippen LogP contribution < -0.4 is 15.4 Å². The van der Waals surface area contributed by atoms with E-state index in [1.807, 2.05) is 12.1 Å². The van der Waals surface area contributed by atoms with Crippen molar-refractivity contribution in [3.63, 3.8) is 0 Å². The number of nitrogens with one attached hydrogen (secondary N) is 2. The number of hydrogen-bond acceptors (Lipinski definition) is 3. The third-order valence-corrected chi connectivity index (χ3v) is 4.35. The topological polar surface area (TPSA) is 67.4 Å². The van der Waals surface area contributed by atoms with Crippen molar-refractivity contribution in [2.75, 3.05) is 5.32 Å². The fourth-order valence-corrected chi connectivity index (χ4v) is 2.48. The molecular formula is C19H19BrN2O3. The lowest BCUT2D eigenvalue weighted by atomic mass is 10.2. The molecule has 0 unspecified atom stereocenters. The van der Waals surface area contributed by atoms with Gasteiger partial charge in [-0.15, -0.1) is 0 Å². The number of amides is 2. The van der Waals surface area contributed by atoms with Crippen LogP contribution >= 0.6 is 15.9 Å². The molecule has 0 saturated heterocycles. The van der Waals surface area contributed by atoms with Crippen molar-refractivity contribution in [2.45, 2.75) is 31.9 Å². The second kappa shape index (κ2) is 7.70. The molecule has 0 aromatic heterocycles. The molecular weight excluding hydrogens is 384 g/mol. The minimum atomic E-state index is -0.640. The van der Waals surface area contributed by atoms with Gasteiger partial charge < -0.3 is 15.4 Å². The summed E-state index contributed by atoms with van der Waals surface area (Å²) in [6, 6.07) is 14.4. The first-order valence-corrected chi connectivity index (χ1v) is 8.94. The summed E-state index contributed by atoms with van der Waals surface area (Å²) in [6.45, 7) is 1.69. The van der Waals surface area contributed by atoms with Crippen LogP contribution in [0.4, 0.5) is 5.69 Å². The van der Waals surface area contributed by atoms with E-state index in [-0.39, 0.29) is 11.8 Å². The predicted molar refractivity (Wildman–Crippen MR) is 99.8 cm³/mol. The lowest BCUT2D eigenvalue weighted by Gasteiger charge is -2.15. The molecule has 5 nitrogen and oxygen atoms in total. The van der Waals surface area contributed by atoms with E-state index < -0.39 is 6.10 Å². The molecule has 0 heterocycles. The van der Waals surface area contributed by atoms with Crippen LogP contribution in [-0.4, -0.2) is 24.0 Å². The van der Waals surface area contributed by atoms with Gasteiger partial charge in [0.15, 0.2) is 6.10 Å². The number of benzene rings is 2. The molecule has 1 atom stereocenters. The first-order valence-electron chi connectivity index (χ1n) is 8.15. The molecule has 1 aliphatic rings. The molecule has 0 bridgehead atoms. The number of anilines is 1. The molecule has 2 aromatic carbocycles. The lowest BCUT2D eigenvalue weighted by molar-refractivity contribution is -0.122. The fraction of sp³-hybridized carbons (Fsp3) is 0.263. The second-order valence-corrected chi connectivity index (χ2v) is 6.94. The van der Waals surface area contributed by atoms with Crippen molar-refractivity contribution in [2.24, 2.45) is 0 Å². The third-order valence-electron chi connectivity index (χ3n) is 3.82. The van der Waals surface area contributed by atoms with Crippen LogP contribution in [0.1, 0.15) is 30.1 Å². The molecule has 0 spiro atoms. The molecule has 130 valence electrons. The average Bonchev–Trinajstić information content (AvgIpc) is 3.41. The standard InChI is InChI=1S/C19H19BrN2O3/c1-12(25-17-10-4-14(20)5-11-17)18(23)21-15-6-2-13(3-7-15)19(24)22-16-8-9-16/h2-7,10-12,16H,8-9H2,1H3,(H,21,23)(H,22,24)/t12-/m1/s1. The quantitative estimate of drug-likeness (QED) is 0.772. The SMILES string of the molecule is C[C@@H](Oc1ccc(Br)cc1)C(=O)Nc1ccc(C(=O)NC2CC2)cc1. The first-order chi connectivity index (χ1) is 12.0. The number of carbonyl (C=O) groups is 2. The Balaban J connectivity index is 1.54. The Hall–Kier alpha value is -2.34. The number of halogens is 1. The van der Waals surface area contributed by atoms with Gasteiger partial charge in [0.1, 0.15) is 5.75 Å². The van der Waals surface area contributed by atoms with Crippen LogP contribution in [0.25, 0.3) is 0 Å². The van der Waals surface area contributed by atoms with Crippen LogP contribution in [0.3, 0.4) is 0 Å². The van der Waals surface area contributed by atoms with Gasteiger partial charge in [0.25, 0.3) is 11.8 Å². The number of hydrogen-bond donors (Lipinski definition) is 2. The maximum absolute atomic E-state index is 12.2. The molecule has 2 aromatic rings. The smallest absolute Gasteiger partial charge is 0.265 e. The van der Waals surface area contributed by atoms with Crippen molar-refractivity contribution >= 4 is 33.4 Å². The second-order valence-electron chi connectivity index (χ2n) is 6.03. The predicted octanol–water partition coefficient (Wildman–Crippen LogP) is 3.75. The van der Waals surface area contributed by atoms with Crippen molar-refractivity contribution in [1.82, 2.24) is 5.32 Å². The Kier molecular flexibility index (Phi) is 5.38. The Bertz CT molecular complexity index is 755. The summed E-state index contributed by atoms with van der Waals surface area (Å²) in [5, 5.41) is 5.72. The molecule has 1 fully saturated rings. The maximum Gasteiger partial charge on any atom is 0.265 e. The molecule has 1 saturated carbocycles. The van der Waals surface area contributed by atoms with Crippen LogP contribution in [-0.2, 0) is 4.79 Å². The largest absolute Gasteiger partial charge is 0.481 e. The molecule has 6 heteroatoms. The van der Waals surface area contributed by atoms with Gasteiger partial charge in [-0.25, -0.2) is 0 Å². The van der Waals surface area contributed by atoms with E-state index in [1.54, 1.807) is 43.3 Å². The Morgan fingerprint density at radius 2 is 1.72 bits per heavy atom. The van der Waals surface area contributed by atoms with E-state index in [1.165, 1.54) is 0 Å². The minimum absolute atomic E-state index is 0.0766. The van der Waals surface area contributed by atoms with Gasteiger partial charge in [-0.05, 0) is 68.3 Å². The van der Waals surface area contributed by atoms with E-state index in [0.29, 0.717) is 23.0 Å². The average molecular weight is 403 g/mol.